The molecule has 1 rings (SSSR count). The van der Waals surface area contributed by atoms with Gasteiger partial charge in [-0.3, -0.25) is 4.79 Å². The van der Waals surface area contributed by atoms with Gasteiger partial charge in [-0.05, 0) is 26.2 Å². The van der Waals surface area contributed by atoms with Gasteiger partial charge in [0.25, 0.3) is 0 Å². The molecule has 2 atom stereocenters. The second-order valence-corrected chi connectivity index (χ2v) is 7.29. The van der Waals surface area contributed by atoms with Gasteiger partial charge in [0.15, 0.2) is 9.84 Å². The van der Waals surface area contributed by atoms with Crippen LogP contribution in [0.1, 0.15) is 26.2 Å². The van der Waals surface area contributed by atoms with Crippen LogP contribution in [0.5, 0.6) is 0 Å². The molecular formula is C10H18ClNO3S. The Morgan fingerprint density at radius 1 is 1.56 bits per heavy atom. The Morgan fingerprint density at radius 2 is 2.25 bits per heavy atom. The molecule has 6 heteroatoms. The largest absolute Gasteiger partial charge is 0.356 e. The molecule has 0 aromatic rings. The third-order valence-corrected chi connectivity index (χ3v) is 4.67. The van der Waals surface area contributed by atoms with Crippen molar-refractivity contribution in [2.75, 3.05) is 18.1 Å². The summed E-state index contributed by atoms with van der Waals surface area (Å²) in [6.07, 6.45) is 2.14. The van der Waals surface area contributed by atoms with Crippen LogP contribution in [0.4, 0.5) is 0 Å². The van der Waals surface area contributed by atoms with Crippen LogP contribution < -0.4 is 5.32 Å². The fourth-order valence-electron chi connectivity index (χ4n) is 1.74. The zero-order chi connectivity index (χ0) is 12.2. The van der Waals surface area contributed by atoms with Gasteiger partial charge in [-0.15, -0.1) is 11.6 Å². The third kappa shape index (κ3) is 4.70. The standard InChI is InChI=1S/C10H18ClNO3S/c1-8(11)3-2-5-12-10(13)9-4-6-16(14,15)7-9/h8-9H,2-7H2,1H3,(H,12,13). The molecule has 0 bridgehead atoms. The average molecular weight is 268 g/mol. The smallest absolute Gasteiger partial charge is 0.224 e. The highest BCUT2D eigenvalue weighted by Crippen LogP contribution is 2.18. The lowest BCUT2D eigenvalue weighted by molar-refractivity contribution is -0.124. The van der Waals surface area contributed by atoms with Gasteiger partial charge in [0.2, 0.25) is 5.91 Å². The van der Waals surface area contributed by atoms with E-state index in [0.29, 0.717) is 13.0 Å². The molecule has 2 unspecified atom stereocenters. The van der Waals surface area contributed by atoms with Crippen LogP contribution in [0.25, 0.3) is 0 Å². The fourth-order valence-corrected chi connectivity index (χ4v) is 3.64. The number of amides is 1. The molecule has 0 aliphatic carbocycles. The predicted octanol–water partition coefficient (Wildman–Crippen LogP) is 0.945. The van der Waals surface area contributed by atoms with Crippen molar-refractivity contribution < 1.29 is 13.2 Å². The minimum absolute atomic E-state index is 0.00470. The van der Waals surface area contributed by atoms with Crippen molar-refractivity contribution in [3.05, 3.63) is 0 Å². The molecule has 0 aromatic heterocycles. The van der Waals surface area contributed by atoms with E-state index < -0.39 is 9.84 Å². The molecule has 0 radical (unpaired) electrons. The molecule has 94 valence electrons. The molecule has 1 N–H and O–H groups in total. The first-order chi connectivity index (χ1) is 7.41. The van der Waals surface area contributed by atoms with Crippen molar-refractivity contribution in [2.45, 2.75) is 31.6 Å². The van der Waals surface area contributed by atoms with E-state index in [1.54, 1.807) is 0 Å². The van der Waals surface area contributed by atoms with Gasteiger partial charge in [0.05, 0.1) is 17.4 Å². The van der Waals surface area contributed by atoms with Crippen LogP contribution >= 0.6 is 11.6 Å². The van der Waals surface area contributed by atoms with E-state index in [2.05, 4.69) is 5.32 Å². The van der Waals surface area contributed by atoms with E-state index >= 15 is 0 Å². The predicted molar refractivity (Wildman–Crippen MR) is 64.3 cm³/mol. The summed E-state index contributed by atoms with van der Waals surface area (Å²) in [7, 11) is -2.97. The number of hydrogen-bond donors (Lipinski definition) is 1. The SMILES string of the molecule is CC(Cl)CCCNC(=O)C1CCS(=O)(=O)C1. The molecule has 1 heterocycles. The van der Waals surface area contributed by atoms with Crippen molar-refractivity contribution in [1.29, 1.82) is 0 Å². The Balaban J connectivity index is 2.21. The normalized spacial score (nSPS) is 25.2. The second kappa shape index (κ2) is 5.87. The maximum atomic E-state index is 11.6. The van der Waals surface area contributed by atoms with Crippen molar-refractivity contribution in [3.8, 4) is 0 Å². The molecular weight excluding hydrogens is 250 g/mol. The fraction of sp³-hybridized carbons (Fsp3) is 0.900. The molecule has 4 nitrogen and oxygen atoms in total. The number of carbonyl (C=O) groups excluding carboxylic acids is 1. The summed E-state index contributed by atoms with van der Waals surface area (Å²) in [5.41, 5.74) is 0. The Kier molecular flexibility index (Phi) is 5.05. The summed E-state index contributed by atoms with van der Waals surface area (Å²) in [6.45, 7) is 2.49. The van der Waals surface area contributed by atoms with Crippen LogP contribution in [-0.2, 0) is 14.6 Å². The Bertz CT molecular complexity index is 340. The van der Waals surface area contributed by atoms with Gasteiger partial charge in [-0.25, -0.2) is 8.42 Å². The van der Waals surface area contributed by atoms with E-state index in [4.69, 9.17) is 11.6 Å². The maximum absolute atomic E-state index is 11.6. The van der Waals surface area contributed by atoms with Gasteiger partial charge in [-0.2, -0.15) is 0 Å². The number of sulfone groups is 1. The number of halogens is 1. The summed E-state index contributed by atoms with van der Waals surface area (Å²) < 4.78 is 22.3. The minimum Gasteiger partial charge on any atom is -0.356 e. The zero-order valence-electron chi connectivity index (χ0n) is 9.41. The molecule has 1 aliphatic heterocycles. The molecule has 0 aromatic carbocycles. The maximum Gasteiger partial charge on any atom is 0.224 e. The van der Waals surface area contributed by atoms with Crippen molar-refractivity contribution in [2.24, 2.45) is 5.92 Å². The number of hydrogen-bond acceptors (Lipinski definition) is 3. The van der Waals surface area contributed by atoms with E-state index in [0.717, 1.165) is 12.8 Å². The summed E-state index contributed by atoms with van der Waals surface area (Å²) >= 11 is 5.77. The minimum atomic E-state index is -2.97. The molecule has 0 spiro atoms. The summed E-state index contributed by atoms with van der Waals surface area (Å²) in [6, 6.07) is 0. The average Bonchev–Trinajstić information content (AvgIpc) is 2.53. The molecule has 1 saturated heterocycles. The second-order valence-electron chi connectivity index (χ2n) is 4.31. The molecule has 0 saturated carbocycles. The molecule has 1 fully saturated rings. The van der Waals surface area contributed by atoms with E-state index in [1.807, 2.05) is 6.92 Å². The van der Waals surface area contributed by atoms with Gasteiger partial charge in [0.1, 0.15) is 0 Å². The summed E-state index contributed by atoms with van der Waals surface area (Å²) in [4.78, 5) is 11.6. The Hall–Kier alpha value is -0.290. The van der Waals surface area contributed by atoms with Crippen molar-refractivity contribution >= 4 is 27.3 Å². The highest BCUT2D eigenvalue weighted by atomic mass is 35.5. The van der Waals surface area contributed by atoms with Crippen LogP contribution in [0, 0.1) is 5.92 Å². The third-order valence-electron chi connectivity index (χ3n) is 2.68. The van der Waals surface area contributed by atoms with E-state index in [9.17, 15) is 13.2 Å². The van der Waals surface area contributed by atoms with Crippen LogP contribution in [-0.4, -0.2) is 37.8 Å². The molecule has 1 aliphatic rings. The van der Waals surface area contributed by atoms with Crippen molar-refractivity contribution in [1.82, 2.24) is 5.32 Å². The first-order valence-corrected chi connectivity index (χ1v) is 7.79. The summed E-state index contributed by atoms with van der Waals surface area (Å²) in [5, 5.41) is 2.87. The lowest BCUT2D eigenvalue weighted by atomic mass is 10.1. The number of nitrogens with one attached hydrogen (secondary N) is 1. The van der Waals surface area contributed by atoms with Crippen LogP contribution in [0.3, 0.4) is 0 Å². The highest BCUT2D eigenvalue weighted by Gasteiger charge is 2.32. The highest BCUT2D eigenvalue weighted by molar-refractivity contribution is 7.91. The van der Waals surface area contributed by atoms with Crippen LogP contribution in [0.2, 0.25) is 0 Å². The van der Waals surface area contributed by atoms with Crippen LogP contribution in [0.15, 0.2) is 0 Å². The van der Waals surface area contributed by atoms with E-state index in [-0.39, 0.29) is 28.7 Å². The van der Waals surface area contributed by atoms with Crippen molar-refractivity contribution in [3.63, 3.8) is 0 Å². The lowest BCUT2D eigenvalue weighted by Crippen LogP contribution is -2.32. The topological polar surface area (TPSA) is 63.2 Å². The summed E-state index contributed by atoms with van der Waals surface area (Å²) in [5.74, 6) is -0.337. The molecule has 16 heavy (non-hydrogen) atoms. The van der Waals surface area contributed by atoms with Gasteiger partial charge >= 0.3 is 0 Å². The first-order valence-electron chi connectivity index (χ1n) is 5.53. The first kappa shape index (κ1) is 13.8. The van der Waals surface area contributed by atoms with Gasteiger partial charge < -0.3 is 5.32 Å². The van der Waals surface area contributed by atoms with E-state index in [1.165, 1.54) is 0 Å². The zero-order valence-corrected chi connectivity index (χ0v) is 11.0. The quantitative estimate of drug-likeness (QED) is 0.596. The van der Waals surface area contributed by atoms with Gasteiger partial charge in [0, 0.05) is 11.9 Å². The Labute approximate surface area is 102 Å². The number of alkyl halides is 1. The lowest BCUT2D eigenvalue weighted by Gasteiger charge is -2.09. The number of rotatable bonds is 5. The van der Waals surface area contributed by atoms with Gasteiger partial charge in [-0.1, -0.05) is 0 Å². The number of carbonyl (C=O) groups is 1. The Morgan fingerprint density at radius 3 is 2.75 bits per heavy atom. The molecule has 1 amide bonds. The monoisotopic (exact) mass is 267 g/mol.